The highest BCUT2D eigenvalue weighted by atomic mass is 35.5. The van der Waals surface area contributed by atoms with Crippen molar-refractivity contribution < 1.29 is 4.79 Å². The van der Waals surface area contributed by atoms with Gasteiger partial charge in [-0.1, -0.05) is 60.5 Å². The molecule has 168 valence electrons. The Morgan fingerprint density at radius 2 is 1.62 bits per heavy atom. The second kappa shape index (κ2) is 9.26. The van der Waals surface area contributed by atoms with Crippen molar-refractivity contribution in [1.29, 1.82) is 0 Å². The summed E-state index contributed by atoms with van der Waals surface area (Å²) in [5.74, 6) is 0.294. The number of benzene rings is 2. The number of ketones is 1. The van der Waals surface area contributed by atoms with E-state index in [1.165, 1.54) is 0 Å². The van der Waals surface area contributed by atoms with Gasteiger partial charge in [0.2, 0.25) is 0 Å². The van der Waals surface area contributed by atoms with Gasteiger partial charge in [-0.15, -0.1) is 0 Å². The van der Waals surface area contributed by atoms with E-state index in [4.69, 9.17) is 23.2 Å². The van der Waals surface area contributed by atoms with Crippen LogP contribution >= 0.6 is 23.2 Å². The number of hydrogen-bond acceptors (Lipinski definition) is 3. The molecule has 32 heavy (non-hydrogen) atoms. The van der Waals surface area contributed by atoms with Crippen molar-refractivity contribution in [3.05, 3.63) is 86.3 Å². The molecule has 0 N–H and O–H groups in total. The van der Waals surface area contributed by atoms with Crippen LogP contribution in [-0.4, -0.2) is 33.1 Å². The van der Waals surface area contributed by atoms with Gasteiger partial charge < -0.3 is 0 Å². The molecule has 1 fully saturated rings. The highest BCUT2D eigenvalue weighted by Crippen LogP contribution is 2.38. The molecule has 0 aliphatic carbocycles. The lowest BCUT2D eigenvalue weighted by Crippen LogP contribution is -2.47. The zero-order chi connectivity index (χ0) is 22.9. The molecule has 1 saturated heterocycles. The quantitative estimate of drug-likeness (QED) is 0.508. The standard InChI is InChI=1S/C25H27Cl2N3O2/c1-3-22(31)25(18-7-5-4-6-8-18)13-15-29(16-14-25)17-21-23(27)24(32)30(28(21)2)20-11-9-19(26)10-12-20/h4-12H,3,13-17H2,1-2H3. The van der Waals surface area contributed by atoms with Crippen LogP contribution in [-0.2, 0) is 23.8 Å². The smallest absolute Gasteiger partial charge is 0.290 e. The topological polar surface area (TPSA) is 47.2 Å². The summed E-state index contributed by atoms with van der Waals surface area (Å²) in [7, 11) is 1.84. The molecule has 0 saturated carbocycles. The number of piperidine rings is 1. The Morgan fingerprint density at radius 3 is 2.22 bits per heavy atom. The van der Waals surface area contributed by atoms with Crippen molar-refractivity contribution in [2.75, 3.05) is 13.1 Å². The van der Waals surface area contributed by atoms with E-state index in [0.29, 0.717) is 29.5 Å². The van der Waals surface area contributed by atoms with Crippen LogP contribution in [0.15, 0.2) is 59.4 Å². The summed E-state index contributed by atoms with van der Waals surface area (Å²) < 4.78 is 3.37. The van der Waals surface area contributed by atoms with Gasteiger partial charge in [0, 0.05) is 25.0 Å². The van der Waals surface area contributed by atoms with Gasteiger partial charge in [0.15, 0.2) is 0 Å². The number of halogens is 2. The summed E-state index contributed by atoms with van der Waals surface area (Å²) in [6.45, 7) is 4.01. The Bertz CT molecular complexity index is 1160. The zero-order valence-corrected chi connectivity index (χ0v) is 19.9. The van der Waals surface area contributed by atoms with Crippen LogP contribution in [0.25, 0.3) is 5.69 Å². The minimum absolute atomic E-state index is 0.229. The average molecular weight is 472 g/mol. The lowest BCUT2D eigenvalue weighted by molar-refractivity contribution is -0.126. The van der Waals surface area contributed by atoms with Crippen LogP contribution in [0.2, 0.25) is 10.0 Å². The zero-order valence-electron chi connectivity index (χ0n) is 18.4. The molecule has 3 aromatic rings. The van der Waals surface area contributed by atoms with E-state index >= 15 is 0 Å². The van der Waals surface area contributed by atoms with Gasteiger partial charge in [-0.3, -0.25) is 19.2 Å². The molecule has 0 bridgehead atoms. The second-order valence-corrected chi connectivity index (χ2v) is 9.19. The highest BCUT2D eigenvalue weighted by Gasteiger charge is 2.41. The molecule has 0 radical (unpaired) electrons. The van der Waals surface area contributed by atoms with Crippen LogP contribution in [0.4, 0.5) is 0 Å². The van der Waals surface area contributed by atoms with E-state index in [1.807, 2.05) is 36.9 Å². The minimum Gasteiger partial charge on any atom is -0.299 e. The predicted octanol–water partition coefficient (Wildman–Crippen LogP) is 5.00. The first-order valence-electron chi connectivity index (χ1n) is 10.9. The van der Waals surface area contributed by atoms with Crippen molar-refractivity contribution in [1.82, 2.24) is 14.3 Å². The fraction of sp³-hybridized carbons (Fsp3) is 0.360. The van der Waals surface area contributed by atoms with Gasteiger partial charge in [0.05, 0.1) is 16.8 Å². The predicted molar refractivity (Wildman–Crippen MR) is 129 cm³/mol. The minimum atomic E-state index is -0.433. The van der Waals surface area contributed by atoms with Crippen molar-refractivity contribution >= 4 is 29.0 Å². The van der Waals surface area contributed by atoms with E-state index in [-0.39, 0.29) is 10.6 Å². The SMILES string of the molecule is CCC(=O)C1(c2ccccc2)CCN(Cc2c(Cl)c(=O)n(-c3ccc(Cl)cc3)n2C)CC1. The average Bonchev–Trinajstić information content (AvgIpc) is 3.03. The molecular formula is C25H27Cl2N3O2. The molecule has 1 aliphatic rings. The summed E-state index contributed by atoms with van der Waals surface area (Å²) in [5.41, 5.74) is 1.90. The number of rotatable bonds is 6. The molecule has 7 heteroatoms. The molecule has 1 aromatic heterocycles. The second-order valence-electron chi connectivity index (χ2n) is 8.38. The van der Waals surface area contributed by atoms with Gasteiger partial charge >= 0.3 is 0 Å². The van der Waals surface area contributed by atoms with E-state index in [9.17, 15) is 9.59 Å². The Hall–Kier alpha value is -2.34. The fourth-order valence-corrected chi connectivity index (χ4v) is 5.18. The molecule has 0 unspecified atom stereocenters. The summed E-state index contributed by atoms with van der Waals surface area (Å²) in [6.07, 6.45) is 2.04. The van der Waals surface area contributed by atoms with Gasteiger partial charge in [-0.2, -0.15) is 0 Å². The van der Waals surface area contributed by atoms with Crippen molar-refractivity contribution in [3.8, 4) is 5.69 Å². The van der Waals surface area contributed by atoms with Crippen LogP contribution in [0.5, 0.6) is 0 Å². The number of nitrogens with zero attached hydrogens (tertiary/aromatic N) is 3. The normalized spacial score (nSPS) is 16.2. The molecule has 1 aliphatic heterocycles. The van der Waals surface area contributed by atoms with Crippen LogP contribution in [0.1, 0.15) is 37.4 Å². The van der Waals surface area contributed by atoms with Crippen molar-refractivity contribution in [2.24, 2.45) is 7.05 Å². The molecule has 0 spiro atoms. The monoisotopic (exact) mass is 471 g/mol. The fourth-order valence-electron chi connectivity index (χ4n) is 4.79. The number of Topliss-reactive ketones (excluding diaryl/α,β-unsaturated/α-hetero) is 1. The van der Waals surface area contributed by atoms with Crippen molar-refractivity contribution in [2.45, 2.75) is 38.1 Å². The van der Waals surface area contributed by atoms with Crippen LogP contribution in [0.3, 0.4) is 0 Å². The molecule has 0 atom stereocenters. The molecule has 2 heterocycles. The van der Waals surface area contributed by atoms with E-state index < -0.39 is 5.41 Å². The maximum atomic E-state index is 13.0. The number of carbonyl (C=O) groups excluding carboxylic acids is 1. The summed E-state index contributed by atoms with van der Waals surface area (Å²) >= 11 is 12.5. The lowest BCUT2D eigenvalue weighted by Gasteiger charge is -2.41. The Kier molecular flexibility index (Phi) is 6.61. The number of carbonyl (C=O) groups is 1. The van der Waals surface area contributed by atoms with Crippen LogP contribution in [0, 0.1) is 0 Å². The van der Waals surface area contributed by atoms with E-state index in [2.05, 4.69) is 17.0 Å². The first-order chi connectivity index (χ1) is 15.4. The van der Waals surface area contributed by atoms with Gasteiger partial charge in [0.1, 0.15) is 10.8 Å². The Balaban J connectivity index is 1.57. The third-order valence-corrected chi connectivity index (χ3v) is 7.29. The first kappa shape index (κ1) is 22.8. The van der Waals surface area contributed by atoms with Crippen molar-refractivity contribution in [3.63, 3.8) is 0 Å². The highest BCUT2D eigenvalue weighted by molar-refractivity contribution is 6.31. The Morgan fingerprint density at radius 1 is 1.00 bits per heavy atom. The molecular weight excluding hydrogens is 445 g/mol. The van der Waals surface area contributed by atoms with E-state index in [0.717, 1.165) is 37.2 Å². The van der Waals surface area contributed by atoms with Gasteiger partial charge in [0.25, 0.3) is 5.56 Å². The molecule has 2 aromatic carbocycles. The van der Waals surface area contributed by atoms with E-state index in [1.54, 1.807) is 28.9 Å². The Labute approximate surface area is 198 Å². The maximum absolute atomic E-state index is 13.0. The van der Waals surface area contributed by atoms with Crippen LogP contribution < -0.4 is 5.56 Å². The third-order valence-electron chi connectivity index (χ3n) is 6.66. The number of likely N-dealkylation sites (tertiary alicyclic amines) is 1. The maximum Gasteiger partial charge on any atom is 0.290 e. The largest absolute Gasteiger partial charge is 0.299 e. The molecule has 5 nitrogen and oxygen atoms in total. The molecule has 4 rings (SSSR count). The summed E-state index contributed by atoms with van der Waals surface area (Å²) in [5, 5.41) is 0.839. The lowest BCUT2D eigenvalue weighted by atomic mass is 9.69. The molecule has 0 amide bonds. The summed E-state index contributed by atoms with van der Waals surface area (Å²) in [6, 6.07) is 17.2. The third kappa shape index (κ3) is 4.05. The van der Waals surface area contributed by atoms with Gasteiger partial charge in [-0.25, -0.2) is 4.68 Å². The first-order valence-corrected chi connectivity index (χ1v) is 11.7. The summed E-state index contributed by atoms with van der Waals surface area (Å²) in [4.78, 5) is 28.1. The number of hydrogen-bond donors (Lipinski definition) is 0. The number of aromatic nitrogens is 2. The van der Waals surface area contributed by atoms with Gasteiger partial charge in [-0.05, 0) is 55.8 Å².